The highest BCUT2D eigenvalue weighted by atomic mass is 16.5. The Labute approximate surface area is 388 Å². The van der Waals surface area contributed by atoms with Crippen molar-refractivity contribution in [2.24, 2.45) is 35.5 Å². The number of carbonyl (C=O) groups excluding carboxylic acids is 7. The summed E-state index contributed by atoms with van der Waals surface area (Å²) in [5.41, 5.74) is 0.754. The number of likely N-dealkylation sites (tertiary alicyclic amines) is 1. The standard InChI is InChI=1S/C51H80N4O10/c1-13-34(6)48(42(64-11)31-46(61)54-28-20-23-39(54)50(65-12)36(8)40(56)29-35(7)49(62)37-21-16-14-17-22-37)53(10)51(63)38(32(2)3)30-41(57)47(33(4)5)52(9)43(58)24-18-15-19-27-55-44(59)25-26-45(55)60/h14,16-17,21-22,25-26,32-36,38-39,42,47-50,62H,13,15,18-20,23-24,27-31H2,1-12H3/t34-,35-,36-,38-,39-,42+,47-,48-,49+,50+/m0/s1. The average molecular weight is 909 g/mol. The highest BCUT2D eigenvalue weighted by molar-refractivity contribution is 6.12. The zero-order valence-corrected chi connectivity index (χ0v) is 41.4. The largest absolute Gasteiger partial charge is 0.388 e. The van der Waals surface area contributed by atoms with Crippen LogP contribution in [0.4, 0.5) is 0 Å². The van der Waals surface area contributed by atoms with Crippen molar-refractivity contribution in [1.82, 2.24) is 19.6 Å². The number of rotatable bonds is 28. The van der Waals surface area contributed by atoms with Crippen LogP contribution < -0.4 is 0 Å². The minimum atomic E-state index is -0.792. The number of Topliss-reactive ketones (excluding diaryl/α,β-unsaturated/α-hetero) is 2. The van der Waals surface area contributed by atoms with Gasteiger partial charge in [-0.1, -0.05) is 98.6 Å². The molecule has 1 saturated heterocycles. The average Bonchev–Trinajstić information content (AvgIpc) is 3.89. The Morgan fingerprint density at radius 1 is 0.785 bits per heavy atom. The van der Waals surface area contributed by atoms with E-state index in [1.807, 2.05) is 85.7 Å². The Kier molecular flexibility index (Phi) is 22.2. The summed E-state index contributed by atoms with van der Waals surface area (Å²) in [5, 5.41) is 11.0. The van der Waals surface area contributed by atoms with E-state index in [0.717, 1.165) is 12.0 Å². The van der Waals surface area contributed by atoms with Crippen LogP contribution in [0.2, 0.25) is 0 Å². The summed E-state index contributed by atoms with van der Waals surface area (Å²) in [4.78, 5) is 100. The predicted molar refractivity (Wildman–Crippen MR) is 250 cm³/mol. The molecule has 2 aliphatic rings. The van der Waals surface area contributed by atoms with Crippen molar-refractivity contribution in [2.45, 2.75) is 156 Å². The molecule has 0 aliphatic carbocycles. The molecule has 10 atom stereocenters. The molecule has 364 valence electrons. The monoisotopic (exact) mass is 909 g/mol. The second-order valence-electron chi connectivity index (χ2n) is 19.3. The lowest BCUT2D eigenvalue weighted by atomic mass is 9.83. The number of ether oxygens (including phenoxy) is 2. The number of unbranched alkanes of at least 4 members (excludes halogenated alkanes) is 2. The van der Waals surface area contributed by atoms with Gasteiger partial charge in [0.05, 0.1) is 42.9 Å². The van der Waals surface area contributed by atoms with Gasteiger partial charge in [0.1, 0.15) is 5.78 Å². The van der Waals surface area contributed by atoms with Crippen LogP contribution in [0.3, 0.4) is 0 Å². The van der Waals surface area contributed by atoms with Crippen molar-refractivity contribution < 1.29 is 48.1 Å². The van der Waals surface area contributed by atoms with Crippen LogP contribution in [-0.2, 0) is 43.0 Å². The molecule has 0 spiro atoms. The summed E-state index contributed by atoms with van der Waals surface area (Å²) in [6.07, 6.45) is 4.64. The van der Waals surface area contributed by atoms with Gasteiger partial charge < -0.3 is 29.3 Å². The van der Waals surface area contributed by atoms with Crippen LogP contribution in [0.1, 0.15) is 131 Å². The third-order valence-corrected chi connectivity index (χ3v) is 14.0. The third-order valence-electron chi connectivity index (χ3n) is 14.0. The minimum absolute atomic E-state index is 0.00198. The Bertz CT molecular complexity index is 1770. The Morgan fingerprint density at radius 3 is 1.97 bits per heavy atom. The molecule has 0 saturated carbocycles. The molecule has 1 N–H and O–H groups in total. The van der Waals surface area contributed by atoms with Crippen LogP contribution in [0.25, 0.3) is 0 Å². The number of methoxy groups -OCH3 is 2. The molecule has 0 radical (unpaired) electrons. The first-order valence-corrected chi connectivity index (χ1v) is 23.9. The zero-order valence-electron chi connectivity index (χ0n) is 41.4. The Hall–Kier alpha value is -4.27. The van der Waals surface area contributed by atoms with E-state index in [1.165, 1.54) is 22.0 Å². The molecule has 0 bridgehead atoms. The summed E-state index contributed by atoms with van der Waals surface area (Å²) >= 11 is 0. The van der Waals surface area contributed by atoms with Gasteiger partial charge in [0, 0.05) is 84.7 Å². The number of hydrogen-bond donors (Lipinski definition) is 1. The molecular formula is C51H80N4O10. The Morgan fingerprint density at radius 2 is 1.42 bits per heavy atom. The lowest BCUT2D eigenvalue weighted by Gasteiger charge is -2.41. The van der Waals surface area contributed by atoms with Crippen molar-refractivity contribution in [3.05, 3.63) is 48.0 Å². The van der Waals surface area contributed by atoms with E-state index in [-0.39, 0.29) is 96.5 Å². The Balaban J connectivity index is 1.70. The van der Waals surface area contributed by atoms with Gasteiger partial charge in [-0.05, 0) is 54.9 Å². The van der Waals surface area contributed by atoms with E-state index in [0.29, 0.717) is 45.2 Å². The number of aliphatic hydroxyl groups excluding tert-OH is 1. The van der Waals surface area contributed by atoms with Gasteiger partial charge in [0.25, 0.3) is 11.8 Å². The minimum Gasteiger partial charge on any atom is -0.388 e. The maximum atomic E-state index is 14.6. The predicted octanol–water partition coefficient (Wildman–Crippen LogP) is 6.44. The highest BCUT2D eigenvalue weighted by Gasteiger charge is 2.43. The van der Waals surface area contributed by atoms with Gasteiger partial charge in [-0.2, -0.15) is 0 Å². The van der Waals surface area contributed by atoms with Crippen LogP contribution in [0, 0.1) is 35.5 Å². The van der Waals surface area contributed by atoms with Gasteiger partial charge >= 0.3 is 0 Å². The third kappa shape index (κ3) is 14.6. The van der Waals surface area contributed by atoms with Crippen molar-refractivity contribution in [3.63, 3.8) is 0 Å². The summed E-state index contributed by atoms with van der Waals surface area (Å²) in [6.45, 7) is 16.1. The first-order valence-electron chi connectivity index (χ1n) is 23.9. The lowest BCUT2D eigenvalue weighted by molar-refractivity contribution is -0.149. The van der Waals surface area contributed by atoms with Crippen molar-refractivity contribution in [3.8, 4) is 0 Å². The molecule has 5 amide bonds. The van der Waals surface area contributed by atoms with Crippen molar-refractivity contribution in [1.29, 1.82) is 0 Å². The molecule has 2 heterocycles. The number of aliphatic hydroxyl groups is 1. The quantitative estimate of drug-likeness (QED) is 0.0730. The van der Waals surface area contributed by atoms with Gasteiger partial charge in [0.15, 0.2) is 5.78 Å². The number of hydrogen-bond acceptors (Lipinski definition) is 10. The first kappa shape index (κ1) is 55.1. The number of ketones is 2. The molecule has 1 aromatic rings. The van der Waals surface area contributed by atoms with E-state index in [9.17, 15) is 38.7 Å². The number of nitrogens with zero attached hydrogens (tertiary/aromatic N) is 4. The molecule has 0 aromatic heterocycles. The fourth-order valence-corrected chi connectivity index (χ4v) is 9.88. The van der Waals surface area contributed by atoms with E-state index >= 15 is 0 Å². The number of likely N-dealkylation sites (N-methyl/N-ethyl adjacent to an activating group) is 2. The summed E-state index contributed by atoms with van der Waals surface area (Å²) in [7, 11) is 6.47. The number of carbonyl (C=O) groups is 7. The van der Waals surface area contributed by atoms with Gasteiger partial charge in [-0.15, -0.1) is 0 Å². The molecular weight excluding hydrogens is 829 g/mol. The van der Waals surface area contributed by atoms with E-state index < -0.39 is 42.2 Å². The molecule has 65 heavy (non-hydrogen) atoms. The molecule has 14 heteroatoms. The second kappa shape index (κ2) is 26.2. The second-order valence-corrected chi connectivity index (χ2v) is 19.3. The summed E-state index contributed by atoms with van der Waals surface area (Å²) in [5.74, 6) is -3.50. The molecule has 1 fully saturated rings. The fraction of sp³-hybridized carbons (Fsp3) is 0.706. The normalized spacial score (nSPS) is 19.5. The highest BCUT2D eigenvalue weighted by Crippen LogP contribution is 2.33. The van der Waals surface area contributed by atoms with Gasteiger partial charge in [-0.3, -0.25) is 38.5 Å². The summed E-state index contributed by atoms with van der Waals surface area (Å²) in [6, 6.07) is 7.70. The van der Waals surface area contributed by atoms with Gasteiger partial charge in [0.2, 0.25) is 17.7 Å². The molecule has 3 rings (SSSR count). The molecule has 14 nitrogen and oxygen atoms in total. The zero-order chi connectivity index (χ0) is 48.7. The fourth-order valence-electron chi connectivity index (χ4n) is 9.88. The maximum absolute atomic E-state index is 14.6. The van der Waals surface area contributed by atoms with Crippen molar-refractivity contribution in [2.75, 3.05) is 41.4 Å². The van der Waals surface area contributed by atoms with Crippen molar-refractivity contribution >= 4 is 41.1 Å². The van der Waals surface area contributed by atoms with Crippen LogP contribution in [-0.4, -0.2) is 138 Å². The first-order chi connectivity index (χ1) is 30.7. The van der Waals surface area contributed by atoms with E-state index in [4.69, 9.17) is 9.47 Å². The molecule has 0 unspecified atom stereocenters. The smallest absolute Gasteiger partial charge is 0.253 e. The van der Waals surface area contributed by atoms with E-state index in [2.05, 4.69) is 0 Å². The number of benzene rings is 1. The van der Waals surface area contributed by atoms with E-state index in [1.54, 1.807) is 38.1 Å². The van der Waals surface area contributed by atoms with Gasteiger partial charge in [-0.25, -0.2) is 0 Å². The van der Waals surface area contributed by atoms with Crippen LogP contribution in [0.5, 0.6) is 0 Å². The number of imide groups is 1. The lowest BCUT2D eigenvalue weighted by Crippen LogP contribution is -2.54. The molecule has 1 aromatic carbocycles. The van der Waals surface area contributed by atoms with Crippen LogP contribution in [0.15, 0.2) is 42.5 Å². The number of amides is 5. The molecule has 2 aliphatic heterocycles. The summed E-state index contributed by atoms with van der Waals surface area (Å²) < 4.78 is 12.1. The van der Waals surface area contributed by atoms with Crippen LogP contribution >= 0.6 is 0 Å². The SMILES string of the molecule is CC[C@H](C)[C@@H]([C@@H](CC(=O)N1CCC[C@H]1[C@H](OC)[C@@H](C)C(=O)C[C@H](C)[C@@H](O)c1ccccc1)OC)N(C)C(=O)[C@@H](CC(=O)[C@H](C(C)C)N(C)C(=O)CCCCCN1C(=O)C=CC1=O)C(C)C. The maximum Gasteiger partial charge on any atom is 0.253 e. The topological polar surface area (TPSA) is 171 Å².